The first-order chi connectivity index (χ1) is 11.5. The summed E-state index contributed by atoms with van der Waals surface area (Å²) in [6, 6.07) is 16.0. The lowest BCUT2D eigenvalue weighted by Gasteiger charge is -2.08. The highest BCUT2D eigenvalue weighted by Crippen LogP contribution is 2.31. The van der Waals surface area contributed by atoms with Gasteiger partial charge in [0.15, 0.2) is 0 Å². The zero-order valence-electron chi connectivity index (χ0n) is 13.9. The van der Waals surface area contributed by atoms with E-state index in [2.05, 4.69) is 37.4 Å². The van der Waals surface area contributed by atoms with Gasteiger partial charge in [0, 0.05) is 15.5 Å². The quantitative estimate of drug-likeness (QED) is 0.673. The minimum atomic E-state index is -0.156. The predicted molar refractivity (Wildman–Crippen MR) is 97.9 cm³/mol. The summed E-state index contributed by atoms with van der Waals surface area (Å²) < 4.78 is 5.17. The molecule has 3 nitrogen and oxygen atoms in total. The van der Waals surface area contributed by atoms with E-state index >= 15 is 0 Å². The van der Waals surface area contributed by atoms with Gasteiger partial charge in [0.25, 0.3) is 5.91 Å². The molecule has 0 aliphatic heterocycles. The number of amides is 1. The molecule has 0 aliphatic rings. The van der Waals surface area contributed by atoms with Gasteiger partial charge in [0.2, 0.25) is 0 Å². The van der Waals surface area contributed by atoms with Gasteiger partial charge < -0.3 is 9.73 Å². The Bertz CT molecular complexity index is 866. The Balaban J connectivity index is 1.70. The molecule has 0 radical (unpaired) electrons. The van der Waals surface area contributed by atoms with Crippen LogP contribution in [0.4, 0.5) is 5.69 Å². The number of anilines is 1. The second-order valence-corrected chi connectivity index (χ2v) is 6.86. The predicted octanol–water partition coefficient (Wildman–Crippen LogP) is 5.61. The van der Waals surface area contributed by atoms with Gasteiger partial charge in [0.05, 0.1) is 11.8 Å². The van der Waals surface area contributed by atoms with Crippen molar-refractivity contribution in [3.05, 3.63) is 77.2 Å². The zero-order chi connectivity index (χ0) is 17.1. The third kappa shape index (κ3) is 3.71. The molecule has 3 aromatic rings. The van der Waals surface area contributed by atoms with E-state index in [1.54, 1.807) is 24.8 Å². The van der Waals surface area contributed by atoms with E-state index in [1.165, 1.54) is 22.3 Å². The molecule has 0 saturated carbocycles. The Kier molecular flexibility index (Phi) is 4.76. The number of aryl methyl sites for hydroxylation is 3. The van der Waals surface area contributed by atoms with Gasteiger partial charge in [-0.05, 0) is 68.3 Å². The van der Waals surface area contributed by atoms with Crippen molar-refractivity contribution >= 4 is 23.4 Å². The van der Waals surface area contributed by atoms with Crippen molar-refractivity contribution < 1.29 is 9.21 Å². The molecule has 3 rings (SSSR count). The number of hydrogen-bond acceptors (Lipinski definition) is 3. The highest BCUT2D eigenvalue weighted by atomic mass is 32.2. The smallest absolute Gasteiger partial charge is 0.259 e. The molecule has 1 heterocycles. The maximum atomic E-state index is 12.2. The molecule has 24 heavy (non-hydrogen) atoms. The van der Waals surface area contributed by atoms with E-state index in [1.807, 2.05) is 24.3 Å². The van der Waals surface area contributed by atoms with Crippen molar-refractivity contribution in [1.29, 1.82) is 0 Å². The largest absolute Gasteiger partial charge is 0.469 e. The molecular formula is C20H19NO2S. The van der Waals surface area contributed by atoms with Gasteiger partial charge in [-0.1, -0.05) is 23.9 Å². The first-order valence-corrected chi connectivity index (χ1v) is 8.55. The molecule has 0 fully saturated rings. The molecule has 122 valence electrons. The number of hydrogen-bond donors (Lipinski definition) is 1. The van der Waals surface area contributed by atoms with E-state index in [-0.39, 0.29) is 5.91 Å². The lowest BCUT2D eigenvalue weighted by molar-refractivity contribution is 0.102. The van der Waals surface area contributed by atoms with Crippen LogP contribution in [0, 0.1) is 20.8 Å². The van der Waals surface area contributed by atoms with E-state index < -0.39 is 0 Å². The zero-order valence-corrected chi connectivity index (χ0v) is 14.7. The Morgan fingerprint density at radius 3 is 2.42 bits per heavy atom. The van der Waals surface area contributed by atoms with Crippen LogP contribution >= 0.6 is 11.8 Å². The number of carbonyl (C=O) groups is 1. The highest BCUT2D eigenvalue weighted by molar-refractivity contribution is 7.99. The van der Waals surface area contributed by atoms with Crippen LogP contribution in [0.3, 0.4) is 0 Å². The van der Waals surface area contributed by atoms with Gasteiger partial charge in [-0.25, -0.2) is 0 Å². The van der Waals surface area contributed by atoms with Crippen molar-refractivity contribution in [2.75, 3.05) is 5.32 Å². The fourth-order valence-corrected chi connectivity index (χ4v) is 3.37. The Hall–Kier alpha value is -2.46. The summed E-state index contributed by atoms with van der Waals surface area (Å²) in [5, 5.41) is 2.89. The van der Waals surface area contributed by atoms with Gasteiger partial charge in [-0.2, -0.15) is 0 Å². The number of carbonyl (C=O) groups excluding carboxylic acids is 1. The minimum absolute atomic E-state index is 0.156. The summed E-state index contributed by atoms with van der Waals surface area (Å²) in [5.74, 6) is 0.464. The summed E-state index contributed by atoms with van der Waals surface area (Å²) in [4.78, 5) is 14.6. The van der Waals surface area contributed by atoms with Crippen LogP contribution in [0.1, 0.15) is 27.2 Å². The van der Waals surface area contributed by atoms with Crippen LogP contribution in [0.2, 0.25) is 0 Å². The molecule has 0 atom stereocenters. The van der Waals surface area contributed by atoms with Crippen LogP contribution < -0.4 is 5.32 Å². The monoisotopic (exact) mass is 337 g/mol. The minimum Gasteiger partial charge on any atom is -0.469 e. The maximum absolute atomic E-state index is 12.2. The number of nitrogens with one attached hydrogen (secondary N) is 1. The Labute approximate surface area is 146 Å². The average Bonchev–Trinajstić information content (AvgIpc) is 2.99. The van der Waals surface area contributed by atoms with Crippen LogP contribution in [0.25, 0.3) is 0 Å². The second-order valence-electron chi connectivity index (χ2n) is 5.74. The van der Waals surface area contributed by atoms with E-state index in [9.17, 15) is 4.79 Å². The van der Waals surface area contributed by atoms with Crippen LogP contribution in [0.5, 0.6) is 0 Å². The van der Waals surface area contributed by atoms with Gasteiger partial charge >= 0.3 is 0 Å². The molecule has 1 aromatic heterocycles. The molecular weight excluding hydrogens is 318 g/mol. The van der Waals surface area contributed by atoms with Gasteiger partial charge in [0.1, 0.15) is 5.76 Å². The molecule has 2 aromatic carbocycles. The van der Waals surface area contributed by atoms with Gasteiger partial charge in [-0.15, -0.1) is 0 Å². The molecule has 4 heteroatoms. The number of furan rings is 1. The molecule has 0 saturated heterocycles. The topological polar surface area (TPSA) is 42.2 Å². The Morgan fingerprint density at radius 2 is 1.75 bits per heavy atom. The molecule has 0 aliphatic carbocycles. The SMILES string of the molecule is Cc1ccc(C)c(Sc2ccc(NC(=O)c3ccoc3C)cc2)c1. The van der Waals surface area contributed by atoms with Gasteiger partial charge in [-0.3, -0.25) is 4.79 Å². The fraction of sp³-hybridized carbons (Fsp3) is 0.150. The normalized spacial score (nSPS) is 10.6. The van der Waals surface area contributed by atoms with Crippen molar-refractivity contribution in [3.8, 4) is 0 Å². The summed E-state index contributed by atoms with van der Waals surface area (Å²) in [6.45, 7) is 5.99. The summed E-state index contributed by atoms with van der Waals surface area (Å²) in [7, 11) is 0. The molecule has 0 bridgehead atoms. The highest BCUT2D eigenvalue weighted by Gasteiger charge is 2.11. The third-order valence-corrected chi connectivity index (χ3v) is 4.95. The molecule has 0 spiro atoms. The van der Waals surface area contributed by atoms with Crippen molar-refractivity contribution in [2.24, 2.45) is 0 Å². The fourth-order valence-electron chi connectivity index (χ4n) is 2.37. The average molecular weight is 337 g/mol. The third-order valence-electron chi connectivity index (χ3n) is 3.79. The van der Waals surface area contributed by atoms with Crippen LogP contribution in [0.15, 0.2) is 69.0 Å². The first-order valence-electron chi connectivity index (χ1n) is 7.73. The number of benzene rings is 2. The lowest BCUT2D eigenvalue weighted by atomic mass is 10.2. The van der Waals surface area contributed by atoms with Crippen LogP contribution in [-0.2, 0) is 0 Å². The first kappa shape index (κ1) is 16.4. The number of rotatable bonds is 4. The van der Waals surface area contributed by atoms with E-state index in [0.29, 0.717) is 11.3 Å². The van der Waals surface area contributed by atoms with Crippen molar-refractivity contribution in [2.45, 2.75) is 30.6 Å². The Morgan fingerprint density at radius 1 is 1.00 bits per heavy atom. The van der Waals surface area contributed by atoms with Crippen molar-refractivity contribution in [1.82, 2.24) is 0 Å². The summed E-state index contributed by atoms with van der Waals surface area (Å²) in [6.07, 6.45) is 1.52. The summed E-state index contributed by atoms with van der Waals surface area (Å²) >= 11 is 1.73. The summed E-state index contributed by atoms with van der Waals surface area (Å²) in [5.41, 5.74) is 3.84. The second kappa shape index (κ2) is 6.97. The molecule has 1 amide bonds. The maximum Gasteiger partial charge on any atom is 0.259 e. The van der Waals surface area contributed by atoms with Crippen LogP contribution in [-0.4, -0.2) is 5.91 Å². The van der Waals surface area contributed by atoms with E-state index in [4.69, 9.17) is 4.42 Å². The molecule has 1 N–H and O–H groups in total. The molecule has 0 unspecified atom stereocenters. The van der Waals surface area contributed by atoms with E-state index in [0.717, 1.165) is 10.6 Å². The standard InChI is InChI=1S/C20H19NO2S/c1-13-4-5-14(2)19(12-13)24-17-8-6-16(7-9-17)21-20(22)18-10-11-23-15(18)3/h4-12H,1-3H3,(H,21,22). The lowest BCUT2D eigenvalue weighted by Crippen LogP contribution is -2.11. The van der Waals surface area contributed by atoms with Crippen molar-refractivity contribution in [3.63, 3.8) is 0 Å².